The number of carbonyl (C=O) groups excluding carboxylic acids is 1. The number of hydrogen-bond donors (Lipinski definition) is 1. The van der Waals surface area contributed by atoms with Crippen molar-refractivity contribution in [1.29, 1.82) is 0 Å². The molecule has 2 aromatic rings. The Bertz CT molecular complexity index is 781. The number of ether oxygens (including phenoxy) is 1. The van der Waals surface area contributed by atoms with Crippen LogP contribution in [0.4, 0.5) is 5.69 Å². The van der Waals surface area contributed by atoms with Gasteiger partial charge in [-0.3, -0.25) is 14.2 Å². The molecule has 7 heteroatoms. The first-order chi connectivity index (χ1) is 11.1. The smallest absolute Gasteiger partial charge is 0.307 e. The monoisotopic (exact) mass is 333 g/mol. The fourth-order valence-electron chi connectivity index (χ4n) is 2.61. The van der Waals surface area contributed by atoms with E-state index >= 15 is 0 Å². The Labute approximate surface area is 138 Å². The minimum Gasteiger partial charge on any atom is -0.482 e. The predicted octanol–water partition coefficient (Wildman–Crippen LogP) is 1.67. The minimum atomic E-state index is -0.0831. The van der Waals surface area contributed by atoms with Crippen molar-refractivity contribution in [2.24, 2.45) is 5.73 Å². The second-order valence-electron chi connectivity index (χ2n) is 5.46. The van der Waals surface area contributed by atoms with Crippen LogP contribution in [-0.2, 0) is 11.3 Å². The quantitative estimate of drug-likeness (QED) is 0.845. The molecule has 0 spiro atoms. The topological polar surface area (TPSA) is 77.6 Å². The van der Waals surface area contributed by atoms with Crippen molar-refractivity contribution in [1.82, 2.24) is 4.57 Å². The SMILES string of the molecule is CN1C(=O)COc2ccc(-c3csc(=O)n3CCCCN)cc21. The van der Waals surface area contributed by atoms with Crippen LogP contribution in [0.15, 0.2) is 28.4 Å². The molecule has 2 N–H and O–H groups in total. The van der Waals surface area contributed by atoms with Gasteiger partial charge in [-0.05, 0) is 37.6 Å². The minimum absolute atomic E-state index is 0.0235. The van der Waals surface area contributed by atoms with E-state index in [1.165, 1.54) is 11.3 Å². The van der Waals surface area contributed by atoms with Crippen molar-refractivity contribution in [3.05, 3.63) is 33.2 Å². The summed E-state index contributed by atoms with van der Waals surface area (Å²) in [5.74, 6) is 0.600. The number of hydrogen-bond acceptors (Lipinski definition) is 5. The molecule has 0 saturated carbocycles. The molecule has 1 aromatic carbocycles. The Morgan fingerprint density at radius 1 is 1.30 bits per heavy atom. The Balaban J connectivity index is 1.97. The van der Waals surface area contributed by atoms with Gasteiger partial charge >= 0.3 is 4.87 Å². The first kappa shape index (κ1) is 15.8. The second kappa shape index (κ2) is 6.55. The number of nitrogens with two attached hydrogens (primary N) is 1. The van der Waals surface area contributed by atoms with Crippen molar-refractivity contribution in [2.75, 3.05) is 25.1 Å². The summed E-state index contributed by atoms with van der Waals surface area (Å²) in [5, 5.41) is 1.86. The predicted molar refractivity (Wildman–Crippen MR) is 91.2 cm³/mol. The van der Waals surface area contributed by atoms with Crippen LogP contribution >= 0.6 is 11.3 Å². The molecular formula is C16H19N3O3S. The number of unbranched alkanes of at least 4 members (excludes halogenated alkanes) is 1. The molecule has 0 atom stereocenters. The van der Waals surface area contributed by atoms with E-state index in [-0.39, 0.29) is 17.4 Å². The maximum absolute atomic E-state index is 12.1. The average molecular weight is 333 g/mol. The number of fused-ring (bicyclic) bond motifs is 1. The molecule has 23 heavy (non-hydrogen) atoms. The standard InChI is InChI=1S/C16H19N3O3S/c1-18-12-8-11(4-5-14(12)22-9-15(18)20)13-10-23-16(21)19(13)7-3-2-6-17/h4-5,8,10H,2-3,6-7,9,17H2,1H3. The van der Waals surface area contributed by atoms with Crippen LogP contribution in [0.3, 0.4) is 0 Å². The summed E-state index contributed by atoms with van der Waals surface area (Å²) in [7, 11) is 1.73. The van der Waals surface area contributed by atoms with Crippen molar-refractivity contribution >= 4 is 22.9 Å². The zero-order valence-electron chi connectivity index (χ0n) is 12.9. The van der Waals surface area contributed by atoms with E-state index in [2.05, 4.69) is 0 Å². The van der Waals surface area contributed by atoms with Crippen LogP contribution in [0.1, 0.15) is 12.8 Å². The lowest BCUT2D eigenvalue weighted by Crippen LogP contribution is -2.35. The summed E-state index contributed by atoms with van der Waals surface area (Å²) in [5.41, 5.74) is 8.02. The van der Waals surface area contributed by atoms with Gasteiger partial charge in [-0.15, -0.1) is 0 Å². The lowest BCUT2D eigenvalue weighted by atomic mass is 10.1. The molecular weight excluding hydrogens is 314 g/mol. The molecule has 2 heterocycles. The zero-order valence-corrected chi connectivity index (χ0v) is 13.8. The molecule has 6 nitrogen and oxygen atoms in total. The highest BCUT2D eigenvalue weighted by Crippen LogP contribution is 2.35. The Kier molecular flexibility index (Phi) is 4.49. The van der Waals surface area contributed by atoms with Crippen LogP contribution in [0.5, 0.6) is 5.75 Å². The van der Waals surface area contributed by atoms with Crippen LogP contribution in [-0.4, -0.2) is 30.7 Å². The number of rotatable bonds is 5. The molecule has 0 unspecified atom stereocenters. The fourth-order valence-corrected chi connectivity index (χ4v) is 3.41. The number of amides is 1. The van der Waals surface area contributed by atoms with Crippen molar-refractivity contribution in [2.45, 2.75) is 19.4 Å². The Hall–Kier alpha value is -2.12. The highest BCUT2D eigenvalue weighted by Gasteiger charge is 2.23. The lowest BCUT2D eigenvalue weighted by Gasteiger charge is -2.26. The fraction of sp³-hybridized carbons (Fsp3) is 0.375. The molecule has 0 saturated heterocycles. The van der Waals surface area contributed by atoms with Gasteiger partial charge in [-0.2, -0.15) is 0 Å². The van der Waals surface area contributed by atoms with Gasteiger partial charge in [0.1, 0.15) is 5.75 Å². The second-order valence-corrected chi connectivity index (χ2v) is 6.28. The van der Waals surface area contributed by atoms with Gasteiger partial charge < -0.3 is 15.4 Å². The van der Waals surface area contributed by atoms with E-state index in [1.54, 1.807) is 16.5 Å². The normalized spacial score (nSPS) is 13.8. The largest absolute Gasteiger partial charge is 0.482 e. The van der Waals surface area contributed by atoms with Gasteiger partial charge in [0.2, 0.25) is 0 Å². The van der Waals surface area contributed by atoms with Gasteiger partial charge in [0.15, 0.2) is 6.61 Å². The van der Waals surface area contributed by atoms with Gasteiger partial charge in [0.05, 0.1) is 11.4 Å². The molecule has 0 radical (unpaired) electrons. The lowest BCUT2D eigenvalue weighted by molar-refractivity contribution is -0.120. The van der Waals surface area contributed by atoms with Gasteiger partial charge in [0.25, 0.3) is 5.91 Å². The van der Waals surface area contributed by atoms with E-state index in [9.17, 15) is 9.59 Å². The van der Waals surface area contributed by atoms with Crippen LogP contribution in [0.25, 0.3) is 11.3 Å². The van der Waals surface area contributed by atoms with Crippen molar-refractivity contribution in [3.63, 3.8) is 0 Å². The third kappa shape index (κ3) is 3.02. The Morgan fingerprint density at radius 2 is 2.13 bits per heavy atom. The maximum atomic E-state index is 12.1. The highest BCUT2D eigenvalue weighted by molar-refractivity contribution is 7.07. The van der Waals surface area contributed by atoms with Gasteiger partial charge in [-0.25, -0.2) is 0 Å². The summed E-state index contributed by atoms with van der Waals surface area (Å²) < 4.78 is 7.21. The van der Waals surface area contributed by atoms with E-state index in [0.29, 0.717) is 18.8 Å². The molecule has 3 rings (SSSR count). The van der Waals surface area contributed by atoms with Gasteiger partial charge in [0, 0.05) is 24.5 Å². The molecule has 0 fully saturated rings. The Morgan fingerprint density at radius 3 is 2.91 bits per heavy atom. The molecule has 0 bridgehead atoms. The van der Waals surface area contributed by atoms with Crippen LogP contribution < -0.4 is 20.2 Å². The van der Waals surface area contributed by atoms with Crippen LogP contribution in [0.2, 0.25) is 0 Å². The summed E-state index contributed by atoms with van der Waals surface area (Å²) in [4.78, 5) is 25.5. The van der Waals surface area contributed by atoms with Crippen LogP contribution in [0, 0.1) is 0 Å². The number of aromatic nitrogens is 1. The van der Waals surface area contributed by atoms with E-state index in [1.807, 2.05) is 23.6 Å². The number of carbonyl (C=O) groups is 1. The number of benzene rings is 1. The molecule has 0 aliphatic carbocycles. The highest BCUT2D eigenvalue weighted by atomic mass is 32.1. The van der Waals surface area contributed by atoms with Crippen molar-refractivity contribution in [3.8, 4) is 17.0 Å². The third-order valence-corrected chi connectivity index (χ3v) is 4.72. The molecule has 1 aromatic heterocycles. The summed E-state index contributed by atoms with van der Waals surface area (Å²) in [6, 6.07) is 5.66. The molecule has 1 aliphatic rings. The molecule has 1 aliphatic heterocycles. The number of likely N-dealkylation sites (N-methyl/N-ethyl adjacent to an activating group) is 1. The molecule has 1 amide bonds. The van der Waals surface area contributed by atoms with E-state index < -0.39 is 0 Å². The van der Waals surface area contributed by atoms with Crippen molar-refractivity contribution < 1.29 is 9.53 Å². The zero-order chi connectivity index (χ0) is 16.4. The summed E-state index contributed by atoms with van der Waals surface area (Å²) in [6.45, 7) is 1.33. The summed E-state index contributed by atoms with van der Waals surface area (Å²) in [6.07, 6.45) is 1.75. The third-order valence-electron chi connectivity index (χ3n) is 3.96. The summed E-state index contributed by atoms with van der Waals surface area (Å²) >= 11 is 1.19. The number of anilines is 1. The van der Waals surface area contributed by atoms with Gasteiger partial charge in [-0.1, -0.05) is 11.3 Å². The maximum Gasteiger partial charge on any atom is 0.307 e. The first-order valence-electron chi connectivity index (χ1n) is 7.54. The average Bonchev–Trinajstić information content (AvgIpc) is 2.92. The molecule has 122 valence electrons. The first-order valence-corrected chi connectivity index (χ1v) is 8.42. The number of nitrogens with zero attached hydrogens (tertiary/aromatic N) is 2. The van der Waals surface area contributed by atoms with E-state index in [0.717, 1.165) is 29.8 Å². The number of thiazole rings is 1. The van der Waals surface area contributed by atoms with E-state index in [4.69, 9.17) is 10.5 Å².